The lowest BCUT2D eigenvalue weighted by atomic mass is 10.1. The maximum atomic E-state index is 4.34. The van der Waals surface area contributed by atoms with Crippen molar-refractivity contribution in [3.8, 4) is 0 Å². The summed E-state index contributed by atoms with van der Waals surface area (Å²) in [5.74, 6) is 0. The van der Waals surface area contributed by atoms with Crippen molar-refractivity contribution in [1.29, 1.82) is 0 Å². The molecule has 1 unspecified atom stereocenters. The number of aromatic nitrogens is 2. The van der Waals surface area contributed by atoms with Crippen LogP contribution >= 0.6 is 0 Å². The predicted molar refractivity (Wildman–Crippen MR) is 73.7 cm³/mol. The first-order chi connectivity index (χ1) is 8.81. The van der Waals surface area contributed by atoms with Gasteiger partial charge in [0.15, 0.2) is 0 Å². The minimum absolute atomic E-state index is 0.540. The molecular weight excluding hydrogens is 224 g/mol. The van der Waals surface area contributed by atoms with E-state index in [0.29, 0.717) is 6.04 Å². The van der Waals surface area contributed by atoms with Crippen molar-refractivity contribution in [3.63, 3.8) is 0 Å². The fraction of sp³-hybridized carbons (Fsp3) is 0.429. The number of benzene rings is 1. The Bertz CT molecular complexity index is 540. The highest BCUT2D eigenvalue weighted by Crippen LogP contribution is 2.18. The van der Waals surface area contributed by atoms with Gasteiger partial charge in [0.05, 0.1) is 11.0 Å². The van der Waals surface area contributed by atoms with Crippen LogP contribution in [0.1, 0.15) is 12.8 Å². The van der Waals surface area contributed by atoms with E-state index < -0.39 is 0 Å². The number of nitrogens with one attached hydrogen (secondary N) is 1. The smallest absolute Gasteiger partial charge is 0.0907 e. The molecule has 1 N–H and O–H groups in total. The first kappa shape index (κ1) is 11.4. The molecule has 1 saturated heterocycles. The Morgan fingerprint density at radius 2 is 2.06 bits per heavy atom. The SMILES string of the molecule is CN1CCCC(Nc2ccc3nccnc3c2)C1. The summed E-state index contributed by atoms with van der Waals surface area (Å²) in [6.07, 6.45) is 5.97. The van der Waals surface area contributed by atoms with E-state index in [2.05, 4.69) is 39.4 Å². The number of hydrogen-bond acceptors (Lipinski definition) is 4. The average Bonchev–Trinajstić information content (AvgIpc) is 2.39. The van der Waals surface area contributed by atoms with E-state index in [1.54, 1.807) is 12.4 Å². The maximum absolute atomic E-state index is 4.34. The highest BCUT2D eigenvalue weighted by molar-refractivity contribution is 5.78. The van der Waals surface area contributed by atoms with Gasteiger partial charge in [-0.15, -0.1) is 0 Å². The Morgan fingerprint density at radius 3 is 2.89 bits per heavy atom. The number of nitrogens with zero attached hydrogens (tertiary/aromatic N) is 3. The molecule has 2 aromatic rings. The van der Waals surface area contributed by atoms with E-state index in [1.807, 2.05) is 6.07 Å². The zero-order valence-corrected chi connectivity index (χ0v) is 10.6. The third-order valence-electron chi connectivity index (χ3n) is 3.46. The van der Waals surface area contributed by atoms with Gasteiger partial charge in [0.25, 0.3) is 0 Å². The minimum Gasteiger partial charge on any atom is -0.381 e. The van der Waals surface area contributed by atoms with Crippen LogP contribution in [0.5, 0.6) is 0 Å². The van der Waals surface area contributed by atoms with E-state index >= 15 is 0 Å². The van der Waals surface area contributed by atoms with Crippen molar-refractivity contribution in [2.24, 2.45) is 0 Å². The second-order valence-electron chi connectivity index (χ2n) is 5.01. The van der Waals surface area contributed by atoms with E-state index in [4.69, 9.17) is 0 Å². The fourth-order valence-electron chi connectivity index (χ4n) is 2.57. The second kappa shape index (κ2) is 4.90. The molecule has 0 spiro atoms. The summed E-state index contributed by atoms with van der Waals surface area (Å²) in [7, 11) is 2.18. The lowest BCUT2D eigenvalue weighted by molar-refractivity contribution is 0.261. The van der Waals surface area contributed by atoms with Crippen molar-refractivity contribution >= 4 is 16.7 Å². The van der Waals surface area contributed by atoms with Crippen LogP contribution in [-0.2, 0) is 0 Å². The summed E-state index contributed by atoms with van der Waals surface area (Å²) in [6.45, 7) is 2.32. The number of hydrogen-bond donors (Lipinski definition) is 1. The van der Waals surface area contributed by atoms with Crippen molar-refractivity contribution in [3.05, 3.63) is 30.6 Å². The molecule has 0 amide bonds. The van der Waals surface area contributed by atoms with E-state index in [1.165, 1.54) is 19.4 Å². The van der Waals surface area contributed by atoms with Crippen molar-refractivity contribution in [2.45, 2.75) is 18.9 Å². The molecule has 1 atom stereocenters. The number of likely N-dealkylation sites (N-methyl/N-ethyl adjacent to an activating group) is 1. The Hall–Kier alpha value is -1.68. The Morgan fingerprint density at radius 1 is 1.22 bits per heavy atom. The molecular formula is C14H18N4. The molecule has 2 heterocycles. The summed E-state index contributed by atoms with van der Waals surface area (Å²) in [4.78, 5) is 11.0. The molecule has 1 aliphatic rings. The summed E-state index contributed by atoms with van der Waals surface area (Å²) < 4.78 is 0. The Labute approximate surface area is 107 Å². The van der Waals surface area contributed by atoms with Gasteiger partial charge in [-0.1, -0.05) is 0 Å². The molecule has 0 bridgehead atoms. The van der Waals surface area contributed by atoms with Gasteiger partial charge >= 0.3 is 0 Å². The van der Waals surface area contributed by atoms with Gasteiger partial charge in [-0.25, -0.2) is 0 Å². The van der Waals surface area contributed by atoms with Gasteiger partial charge in [0, 0.05) is 30.7 Å². The largest absolute Gasteiger partial charge is 0.381 e. The number of likely N-dealkylation sites (tertiary alicyclic amines) is 1. The highest BCUT2D eigenvalue weighted by Gasteiger charge is 2.16. The minimum atomic E-state index is 0.540. The van der Waals surface area contributed by atoms with Crippen LogP contribution in [0.4, 0.5) is 5.69 Å². The molecule has 4 nitrogen and oxygen atoms in total. The zero-order chi connectivity index (χ0) is 12.4. The zero-order valence-electron chi connectivity index (χ0n) is 10.6. The van der Waals surface area contributed by atoms with Crippen molar-refractivity contribution < 1.29 is 0 Å². The predicted octanol–water partition coefficient (Wildman–Crippen LogP) is 2.14. The topological polar surface area (TPSA) is 41.0 Å². The lowest BCUT2D eigenvalue weighted by Crippen LogP contribution is -2.39. The number of fused-ring (bicyclic) bond motifs is 1. The summed E-state index contributed by atoms with van der Waals surface area (Å²) >= 11 is 0. The lowest BCUT2D eigenvalue weighted by Gasteiger charge is -2.30. The quantitative estimate of drug-likeness (QED) is 0.876. The normalized spacial score (nSPS) is 21.1. The average molecular weight is 242 g/mol. The molecule has 18 heavy (non-hydrogen) atoms. The molecule has 3 rings (SSSR count). The Kier molecular flexibility index (Phi) is 3.11. The number of rotatable bonds is 2. The second-order valence-corrected chi connectivity index (χ2v) is 5.01. The van der Waals surface area contributed by atoms with Gasteiger partial charge in [0.2, 0.25) is 0 Å². The van der Waals surface area contributed by atoms with Crippen LogP contribution in [0.15, 0.2) is 30.6 Å². The summed E-state index contributed by atoms with van der Waals surface area (Å²) in [5.41, 5.74) is 3.04. The number of anilines is 1. The van der Waals surface area contributed by atoms with Gasteiger partial charge in [-0.05, 0) is 44.6 Å². The Balaban J connectivity index is 1.78. The van der Waals surface area contributed by atoms with Gasteiger partial charge < -0.3 is 10.2 Å². The van der Waals surface area contributed by atoms with E-state index in [9.17, 15) is 0 Å². The van der Waals surface area contributed by atoms with Crippen molar-refractivity contribution in [1.82, 2.24) is 14.9 Å². The van der Waals surface area contributed by atoms with E-state index in [-0.39, 0.29) is 0 Å². The highest BCUT2D eigenvalue weighted by atomic mass is 15.1. The maximum Gasteiger partial charge on any atom is 0.0907 e. The molecule has 1 aromatic heterocycles. The number of piperidine rings is 1. The van der Waals surface area contributed by atoms with Gasteiger partial charge in [-0.3, -0.25) is 9.97 Å². The van der Waals surface area contributed by atoms with Gasteiger partial charge in [-0.2, -0.15) is 0 Å². The van der Waals surface area contributed by atoms with Crippen LogP contribution in [-0.4, -0.2) is 41.0 Å². The third kappa shape index (κ3) is 2.43. The first-order valence-corrected chi connectivity index (χ1v) is 6.47. The van der Waals surface area contributed by atoms with Crippen LogP contribution in [0.2, 0.25) is 0 Å². The summed E-state index contributed by atoms with van der Waals surface area (Å²) in [5, 5.41) is 3.59. The summed E-state index contributed by atoms with van der Waals surface area (Å²) in [6, 6.07) is 6.73. The van der Waals surface area contributed by atoms with Crippen LogP contribution in [0, 0.1) is 0 Å². The first-order valence-electron chi connectivity index (χ1n) is 6.47. The molecule has 0 aliphatic carbocycles. The molecule has 1 fully saturated rings. The molecule has 0 radical (unpaired) electrons. The molecule has 1 aliphatic heterocycles. The molecule has 94 valence electrons. The molecule has 4 heteroatoms. The van der Waals surface area contributed by atoms with Crippen molar-refractivity contribution in [2.75, 3.05) is 25.5 Å². The van der Waals surface area contributed by atoms with Crippen LogP contribution in [0.3, 0.4) is 0 Å². The molecule has 0 saturated carbocycles. The third-order valence-corrected chi connectivity index (χ3v) is 3.46. The van der Waals surface area contributed by atoms with E-state index in [0.717, 1.165) is 23.3 Å². The van der Waals surface area contributed by atoms with Gasteiger partial charge in [0.1, 0.15) is 0 Å². The standard InChI is InChI=1S/C14H18N4/c1-18-8-2-3-12(10-18)17-11-4-5-13-14(9-11)16-7-6-15-13/h4-7,9,12,17H,2-3,8,10H2,1H3. The van der Waals surface area contributed by atoms with Crippen LogP contribution in [0.25, 0.3) is 11.0 Å². The van der Waals surface area contributed by atoms with Crippen LogP contribution < -0.4 is 5.32 Å². The monoisotopic (exact) mass is 242 g/mol. The molecule has 1 aromatic carbocycles. The fourth-order valence-corrected chi connectivity index (χ4v) is 2.57.